The summed E-state index contributed by atoms with van der Waals surface area (Å²) in [5.74, 6) is 0.0641. The highest BCUT2D eigenvalue weighted by Crippen LogP contribution is 2.28. The van der Waals surface area contributed by atoms with E-state index in [0.29, 0.717) is 17.1 Å². The molecular formula is C16H22N4O. The summed E-state index contributed by atoms with van der Waals surface area (Å²) < 4.78 is 1.91. The van der Waals surface area contributed by atoms with Gasteiger partial charge in [0.25, 0.3) is 5.91 Å². The Labute approximate surface area is 124 Å². The smallest absolute Gasteiger partial charge is 0.252 e. The molecule has 0 bridgehead atoms. The van der Waals surface area contributed by atoms with E-state index in [1.54, 1.807) is 6.07 Å². The van der Waals surface area contributed by atoms with Gasteiger partial charge in [0.05, 0.1) is 11.3 Å². The Morgan fingerprint density at radius 3 is 2.86 bits per heavy atom. The van der Waals surface area contributed by atoms with E-state index < -0.39 is 5.91 Å². The van der Waals surface area contributed by atoms with Gasteiger partial charge in [-0.3, -0.25) is 4.79 Å². The standard InChI is InChI=1S/C16H22N4O/c1-2-7-19-9-5-12(6-10-19)14-11-20-8-3-4-13(15(17)21)16(20)18-14/h3-4,8,11-12H,2,5-7,9-10H2,1H3,(H2,17,21). The van der Waals surface area contributed by atoms with Crippen molar-refractivity contribution in [2.45, 2.75) is 32.1 Å². The minimum atomic E-state index is -0.421. The molecule has 0 aromatic carbocycles. The number of aromatic nitrogens is 2. The number of amides is 1. The van der Waals surface area contributed by atoms with E-state index in [1.807, 2.05) is 22.9 Å². The third-order valence-corrected chi connectivity index (χ3v) is 4.31. The largest absolute Gasteiger partial charge is 0.365 e. The lowest BCUT2D eigenvalue weighted by molar-refractivity contribution is 0.100. The molecule has 1 fully saturated rings. The number of carbonyl (C=O) groups is 1. The van der Waals surface area contributed by atoms with E-state index in [-0.39, 0.29) is 0 Å². The van der Waals surface area contributed by atoms with Gasteiger partial charge in [0.15, 0.2) is 0 Å². The molecule has 0 saturated carbocycles. The molecule has 0 spiro atoms. The number of likely N-dealkylation sites (tertiary alicyclic amines) is 1. The fourth-order valence-corrected chi connectivity index (χ4v) is 3.19. The van der Waals surface area contributed by atoms with Crippen molar-refractivity contribution in [1.29, 1.82) is 0 Å². The Morgan fingerprint density at radius 2 is 2.19 bits per heavy atom. The van der Waals surface area contributed by atoms with Crippen LogP contribution in [0.2, 0.25) is 0 Å². The zero-order chi connectivity index (χ0) is 14.8. The summed E-state index contributed by atoms with van der Waals surface area (Å²) in [6, 6.07) is 3.57. The lowest BCUT2D eigenvalue weighted by Gasteiger charge is -2.30. The maximum Gasteiger partial charge on any atom is 0.252 e. The average molecular weight is 286 g/mol. The molecule has 1 saturated heterocycles. The van der Waals surface area contributed by atoms with Crippen LogP contribution in [0, 0.1) is 0 Å². The first-order valence-electron chi connectivity index (χ1n) is 7.68. The Balaban J connectivity index is 1.82. The zero-order valence-electron chi connectivity index (χ0n) is 12.5. The Bertz CT molecular complexity index is 641. The number of nitrogens with two attached hydrogens (primary N) is 1. The molecular weight excluding hydrogens is 264 g/mol. The monoisotopic (exact) mass is 286 g/mol. The first-order valence-corrected chi connectivity index (χ1v) is 7.68. The van der Waals surface area contributed by atoms with E-state index in [9.17, 15) is 4.79 Å². The number of piperidine rings is 1. The van der Waals surface area contributed by atoms with E-state index in [2.05, 4.69) is 16.8 Å². The minimum Gasteiger partial charge on any atom is -0.365 e. The normalized spacial score (nSPS) is 17.4. The van der Waals surface area contributed by atoms with Crippen LogP contribution in [0.4, 0.5) is 0 Å². The van der Waals surface area contributed by atoms with Crippen molar-refractivity contribution in [1.82, 2.24) is 14.3 Å². The number of hydrogen-bond acceptors (Lipinski definition) is 3. The van der Waals surface area contributed by atoms with Gasteiger partial charge in [0.1, 0.15) is 5.65 Å². The summed E-state index contributed by atoms with van der Waals surface area (Å²) in [7, 11) is 0. The molecule has 1 aliphatic rings. The van der Waals surface area contributed by atoms with Crippen LogP contribution in [0.5, 0.6) is 0 Å². The second-order valence-electron chi connectivity index (χ2n) is 5.80. The molecule has 0 aliphatic carbocycles. The maximum atomic E-state index is 11.5. The molecule has 5 nitrogen and oxygen atoms in total. The Kier molecular flexibility index (Phi) is 3.92. The lowest BCUT2D eigenvalue weighted by Crippen LogP contribution is -2.33. The summed E-state index contributed by atoms with van der Waals surface area (Å²) in [4.78, 5) is 18.7. The predicted octanol–water partition coefficient (Wildman–Crippen LogP) is 2.02. The van der Waals surface area contributed by atoms with Crippen LogP contribution in [0.15, 0.2) is 24.5 Å². The molecule has 2 N–H and O–H groups in total. The molecule has 3 rings (SSSR count). The van der Waals surface area contributed by atoms with E-state index >= 15 is 0 Å². The first-order chi connectivity index (χ1) is 10.2. The Hall–Kier alpha value is -1.88. The molecule has 2 aromatic heterocycles. The quantitative estimate of drug-likeness (QED) is 0.935. The van der Waals surface area contributed by atoms with Crippen LogP contribution < -0.4 is 5.73 Å². The van der Waals surface area contributed by atoms with Crippen LogP contribution in [0.1, 0.15) is 48.2 Å². The first kappa shape index (κ1) is 14.1. The number of primary amides is 1. The number of hydrogen-bond donors (Lipinski definition) is 1. The number of nitrogens with zero attached hydrogens (tertiary/aromatic N) is 3. The van der Waals surface area contributed by atoms with Crippen LogP contribution in [0.25, 0.3) is 5.65 Å². The molecule has 2 aromatic rings. The van der Waals surface area contributed by atoms with Gasteiger partial charge in [-0.2, -0.15) is 0 Å². The molecule has 112 valence electrons. The van der Waals surface area contributed by atoms with Crippen LogP contribution in [-0.4, -0.2) is 39.8 Å². The van der Waals surface area contributed by atoms with Gasteiger partial charge in [-0.15, -0.1) is 0 Å². The van der Waals surface area contributed by atoms with Crippen molar-refractivity contribution in [3.63, 3.8) is 0 Å². The lowest BCUT2D eigenvalue weighted by atomic mass is 9.94. The number of rotatable bonds is 4. The SMILES string of the molecule is CCCN1CCC(c2cn3cccc(C(N)=O)c3n2)CC1. The van der Waals surface area contributed by atoms with Gasteiger partial charge in [-0.25, -0.2) is 4.98 Å². The third-order valence-electron chi connectivity index (χ3n) is 4.31. The zero-order valence-corrected chi connectivity index (χ0v) is 12.5. The molecule has 0 radical (unpaired) electrons. The fraction of sp³-hybridized carbons (Fsp3) is 0.500. The Morgan fingerprint density at radius 1 is 1.43 bits per heavy atom. The fourth-order valence-electron chi connectivity index (χ4n) is 3.19. The number of fused-ring (bicyclic) bond motifs is 1. The van der Waals surface area contributed by atoms with Crippen molar-refractivity contribution in [2.75, 3.05) is 19.6 Å². The number of pyridine rings is 1. The highest BCUT2D eigenvalue weighted by atomic mass is 16.1. The third kappa shape index (κ3) is 2.78. The molecule has 1 aliphatic heterocycles. The van der Waals surface area contributed by atoms with Gasteiger partial charge in [0.2, 0.25) is 0 Å². The summed E-state index contributed by atoms with van der Waals surface area (Å²) >= 11 is 0. The second kappa shape index (κ2) is 5.85. The number of carbonyl (C=O) groups excluding carboxylic acids is 1. The van der Waals surface area contributed by atoms with Gasteiger partial charge >= 0.3 is 0 Å². The van der Waals surface area contributed by atoms with E-state index in [4.69, 9.17) is 5.73 Å². The summed E-state index contributed by atoms with van der Waals surface area (Å²) in [6.07, 6.45) is 7.44. The van der Waals surface area contributed by atoms with Crippen LogP contribution >= 0.6 is 0 Å². The van der Waals surface area contributed by atoms with Crippen LogP contribution in [-0.2, 0) is 0 Å². The summed E-state index contributed by atoms with van der Waals surface area (Å²) in [6.45, 7) is 5.67. The summed E-state index contributed by atoms with van der Waals surface area (Å²) in [5, 5.41) is 0. The van der Waals surface area contributed by atoms with Gasteiger partial charge in [-0.1, -0.05) is 6.92 Å². The van der Waals surface area contributed by atoms with Crippen molar-refractivity contribution < 1.29 is 4.79 Å². The van der Waals surface area contributed by atoms with Crippen LogP contribution in [0.3, 0.4) is 0 Å². The van der Waals surface area contributed by atoms with Gasteiger partial charge in [-0.05, 0) is 51.0 Å². The molecule has 5 heteroatoms. The molecule has 21 heavy (non-hydrogen) atoms. The van der Waals surface area contributed by atoms with E-state index in [0.717, 1.165) is 31.6 Å². The number of imidazole rings is 1. The molecule has 0 unspecified atom stereocenters. The van der Waals surface area contributed by atoms with Gasteiger partial charge < -0.3 is 15.0 Å². The van der Waals surface area contributed by atoms with Crippen molar-refractivity contribution in [2.24, 2.45) is 5.73 Å². The molecule has 0 atom stereocenters. The van der Waals surface area contributed by atoms with Gasteiger partial charge in [0, 0.05) is 18.3 Å². The highest BCUT2D eigenvalue weighted by molar-refractivity contribution is 5.98. The highest BCUT2D eigenvalue weighted by Gasteiger charge is 2.23. The predicted molar refractivity (Wildman–Crippen MR) is 82.4 cm³/mol. The molecule has 3 heterocycles. The van der Waals surface area contributed by atoms with Crippen molar-refractivity contribution in [3.8, 4) is 0 Å². The minimum absolute atomic E-state index is 0.421. The summed E-state index contributed by atoms with van der Waals surface area (Å²) in [5.41, 5.74) is 7.67. The topological polar surface area (TPSA) is 63.6 Å². The van der Waals surface area contributed by atoms with Crippen molar-refractivity contribution >= 4 is 11.6 Å². The van der Waals surface area contributed by atoms with E-state index in [1.165, 1.54) is 13.0 Å². The average Bonchev–Trinajstić information content (AvgIpc) is 2.92. The molecule has 1 amide bonds. The van der Waals surface area contributed by atoms with Crippen molar-refractivity contribution in [3.05, 3.63) is 35.8 Å². The maximum absolute atomic E-state index is 11.5. The second-order valence-corrected chi connectivity index (χ2v) is 5.80.